The van der Waals surface area contributed by atoms with Gasteiger partial charge in [0.1, 0.15) is 0 Å². The Morgan fingerprint density at radius 1 is 1.18 bits per heavy atom. The number of aliphatic imine (C=N–C) groups is 1. The van der Waals surface area contributed by atoms with Crippen molar-refractivity contribution in [3.8, 4) is 0 Å². The molecule has 1 rings (SSSR count). The first kappa shape index (κ1) is 27.7. The van der Waals surface area contributed by atoms with Crippen molar-refractivity contribution in [2.45, 2.75) is 52.5 Å². The van der Waals surface area contributed by atoms with Crippen molar-refractivity contribution in [3.63, 3.8) is 0 Å². The minimum absolute atomic E-state index is 0. The van der Waals surface area contributed by atoms with Crippen LogP contribution in [0.1, 0.15) is 47.0 Å². The molecule has 0 aliphatic carbocycles. The van der Waals surface area contributed by atoms with Gasteiger partial charge in [-0.2, -0.15) is 17.5 Å². The van der Waals surface area contributed by atoms with Crippen molar-refractivity contribution in [1.82, 2.24) is 14.9 Å². The lowest BCUT2D eigenvalue weighted by atomic mass is 9.84. The van der Waals surface area contributed by atoms with E-state index in [-0.39, 0.29) is 48.4 Å². The van der Waals surface area contributed by atoms with Crippen molar-refractivity contribution in [1.29, 1.82) is 0 Å². The van der Waals surface area contributed by atoms with Gasteiger partial charge in [-0.05, 0) is 36.5 Å². The molecule has 1 aliphatic heterocycles. The Bertz CT molecular complexity index is 602. The fourth-order valence-corrected chi connectivity index (χ4v) is 4.45. The van der Waals surface area contributed by atoms with Crippen LogP contribution in [0.5, 0.6) is 0 Å². The zero-order chi connectivity index (χ0) is 20.9. The highest BCUT2D eigenvalue weighted by Crippen LogP contribution is 2.30. The number of piperidine rings is 1. The molecule has 0 aromatic rings. The SMILES string of the molecule is CN=C(NCC1CCN(S(=O)(=O)C(F)(F)F)CC1)NCC(C)(C)CC(C)C.I. The Kier molecular flexibility index (Phi) is 11.1. The van der Waals surface area contributed by atoms with Gasteiger partial charge < -0.3 is 10.6 Å². The molecule has 0 radical (unpaired) electrons. The normalized spacial score (nSPS) is 18.1. The summed E-state index contributed by atoms with van der Waals surface area (Å²) in [6.07, 6.45) is 1.85. The number of alkyl halides is 3. The molecule has 0 bridgehead atoms. The summed E-state index contributed by atoms with van der Waals surface area (Å²) in [5.41, 5.74) is -5.12. The molecule has 1 heterocycles. The van der Waals surface area contributed by atoms with E-state index in [9.17, 15) is 21.6 Å². The van der Waals surface area contributed by atoms with Crippen LogP contribution >= 0.6 is 24.0 Å². The smallest absolute Gasteiger partial charge is 0.356 e. The molecule has 0 saturated carbocycles. The third-order valence-electron chi connectivity index (χ3n) is 4.68. The van der Waals surface area contributed by atoms with Gasteiger partial charge in [0.05, 0.1) is 0 Å². The van der Waals surface area contributed by atoms with Gasteiger partial charge >= 0.3 is 15.5 Å². The Hall–Kier alpha value is -0.300. The second kappa shape index (κ2) is 11.2. The number of hydrogen-bond donors (Lipinski definition) is 2. The van der Waals surface area contributed by atoms with E-state index in [1.165, 1.54) is 0 Å². The minimum Gasteiger partial charge on any atom is -0.356 e. The summed E-state index contributed by atoms with van der Waals surface area (Å²) in [6, 6.07) is 0. The Morgan fingerprint density at radius 3 is 2.14 bits per heavy atom. The zero-order valence-corrected chi connectivity index (χ0v) is 20.4. The maximum atomic E-state index is 12.6. The van der Waals surface area contributed by atoms with E-state index in [0.29, 0.717) is 35.6 Å². The van der Waals surface area contributed by atoms with Gasteiger partial charge in [0, 0.05) is 33.2 Å². The van der Waals surface area contributed by atoms with E-state index < -0.39 is 15.5 Å². The molecule has 0 amide bonds. The first-order chi connectivity index (χ1) is 12.3. The Morgan fingerprint density at radius 2 is 1.71 bits per heavy atom. The molecule has 1 fully saturated rings. The highest BCUT2D eigenvalue weighted by molar-refractivity contribution is 14.0. The standard InChI is InChI=1S/C17H33F3N4O2S.HI/c1-13(2)10-16(3,4)12-23-15(21-5)22-11-14-6-8-24(9-7-14)27(25,26)17(18,19)20;/h13-14H,6-12H2,1-5H3,(H2,21,22,23);1H. The van der Waals surface area contributed by atoms with Crippen LogP contribution in [0, 0.1) is 17.3 Å². The van der Waals surface area contributed by atoms with E-state index in [2.05, 4.69) is 43.3 Å². The van der Waals surface area contributed by atoms with E-state index in [1.54, 1.807) is 7.05 Å². The summed E-state index contributed by atoms with van der Waals surface area (Å²) in [5, 5.41) is 6.49. The van der Waals surface area contributed by atoms with Gasteiger partial charge in [0.2, 0.25) is 0 Å². The third kappa shape index (κ3) is 8.60. The van der Waals surface area contributed by atoms with Crippen LogP contribution in [-0.2, 0) is 10.0 Å². The second-order valence-corrected chi connectivity index (χ2v) is 10.3. The predicted octanol–water partition coefficient (Wildman–Crippen LogP) is 3.40. The molecule has 11 heteroatoms. The highest BCUT2D eigenvalue weighted by Gasteiger charge is 2.50. The lowest BCUT2D eigenvalue weighted by molar-refractivity contribution is -0.0496. The Labute approximate surface area is 184 Å². The lowest BCUT2D eigenvalue weighted by Crippen LogP contribution is -2.48. The quantitative estimate of drug-likeness (QED) is 0.294. The summed E-state index contributed by atoms with van der Waals surface area (Å²) < 4.78 is 61.2. The topological polar surface area (TPSA) is 73.8 Å². The van der Waals surface area contributed by atoms with Crippen molar-refractivity contribution in [2.24, 2.45) is 22.2 Å². The lowest BCUT2D eigenvalue weighted by Gasteiger charge is -2.32. The van der Waals surface area contributed by atoms with E-state index in [1.807, 2.05) is 0 Å². The molecule has 0 aromatic carbocycles. The monoisotopic (exact) mass is 542 g/mol. The van der Waals surface area contributed by atoms with Gasteiger partial charge in [-0.15, -0.1) is 24.0 Å². The number of nitrogens with zero attached hydrogens (tertiary/aromatic N) is 2. The van der Waals surface area contributed by atoms with Gasteiger partial charge in [-0.1, -0.05) is 27.7 Å². The molecule has 0 spiro atoms. The molecule has 1 aliphatic rings. The Balaban J connectivity index is 0.00000729. The van der Waals surface area contributed by atoms with E-state index in [0.717, 1.165) is 13.0 Å². The average molecular weight is 542 g/mol. The summed E-state index contributed by atoms with van der Waals surface area (Å²) in [4.78, 5) is 4.18. The summed E-state index contributed by atoms with van der Waals surface area (Å²) in [7, 11) is -3.55. The second-order valence-electron chi connectivity index (χ2n) is 8.36. The number of rotatable bonds is 7. The highest BCUT2D eigenvalue weighted by atomic mass is 127. The number of nitrogens with one attached hydrogen (secondary N) is 2. The van der Waals surface area contributed by atoms with Crippen LogP contribution in [0.4, 0.5) is 13.2 Å². The van der Waals surface area contributed by atoms with E-state index >= 15 is 0 Å². The van der Waals surface area contributed by atoms with Crippen molar-refractivity contribution in [3.05, 3.63) is 0 Å². The third-order valence-corrected chi connectivity index (χ3v) is 6.31. The average Bonchev–Trinajstić information content (AvgIpc) is 2.53. The van der Waals surface area contributed by atoms with E-state index in [4.69, 9.17) is 0 Å². The fraction of sp³-hybridized carbons (Fsp3) is 0.941. The van der Waals surface area contributed by atoms with Crippen LogP contribution in [0.2, 0.25) is 0 Å². The zero-order valence-electron chi connectivity index (χ0n) is 17.3. The summed E-state index contributed by atoms with van der Waals surface area (Å²) in [6.45, 7) is 9.81. The molecular weight excluding hydrogens is 508 g/mol. The molecule has 1 saturated heterocycles. The molecule has 0 aromatic heterocycles. The number of guanidine groups is 1. The van der Waals surface area contributed by atoms with Gasteiger partial charge in [-0.3, -0.25) is 4.99 Å². The minimum atomic E-state index is -5.23. The van der Waals surface area contributed by atoms with Gasteiger partial charge in [0.15, 0.2) is 5.96 Å². The first-order valence-electron chi connectivity index (χ1n) is 9.29. The first-order valence-corrected chi connectivity index (χ1v) is 10.7. The number of halogens is 4. The van der Waals surface area contributed by atoms with Crippen molar-refractivity contribution >= 4 is 40.0 Å². The molecule has 6 nitrogen and oxygen atoms in total. The number of hydrogen-bond acceptors (Lipinski definition) is 3. The molecule has 168 valence electrons. The van der Waals surface area contributed by atoms with Crippen molar-refractivity contribution < 1.29 is 21.6 Å². The molecule has 2 N–H and O–H groups in total. The van der Waals surface area contributed by atoms with Gasteiger partial charge in [-0.25, -0.2) is 8.42 Å². The number of sulfonamides is 1. The largest absolute Gasteiger partial charge is 0.511 e. The summed E-state index contributed by atoms with van der Waals surface area (Å²) >= 11 is 0. The van der Waals surface area contributed by atoms with Crippen LogP contribution in [0.25, 0.3) is 0 Å². The fourth-order valence-electron chi connectivity index (χ4n) is 3.46. The van der Waals surface area contributed by atoms with Crippen molar-refractivity contribution in [2.75, 3.05) is 33.2 Å². The van der Waals surface area contributed by atoms with Crippen LogP contribution in [0.15, 0.2) is 4.99 Å². The maximum absolute atomic E-state index is 12.6. The molecule has 0 atom stereocenters. The van der Waals surface area contributed by atoms with Crippen LogP contribution in [0.3, 0.4) is 0 Å². The molecule has 0 unspecified atom stereocenters. The molecular formula is C17H34F3IN4O2S. The predicted molar refractivity (Wildman–Crippen MR) is 117 cm³/mol. The van der Waals surface area contributed by atoms with Crippen LogP contribution < -0.4 is 10.6 Å². The van der Waals surface area contributed by atoms with Gasteiger partial charge in [0.25, 0.3) is 0 Å². The van der Waals surface area contributed by atoms with Crippen LogP contribution in [-0.4, -0.2) is 57.4 Å². The molecule has 28 heavy (non-hydrogen) atoms. The maximum Gasteiger partial charge on any atom is 0.511 e. The summed E-state index contributed by atoms with van der Waals surface area (Å²) in [5.74, 6) is 1.35.